The Balaban J connectivity index is 1.72. The lowest BCUT2D eigenvalue weighted by atomic mass is 10.0. The van der Waals surface area contributed by atoms with Crippen LogP contribution in [0.1, 0.15) is 56.8 Å². The molecule has 1 N–H and O–H groups in total. The van der Waals surface area contributed by atoms with E-state index in [4.69, 9.17) is 14.6 Å². The first-order valence-corrected chi connectivity index (χ1v) is 11.5. The minimum absolute atomic E-state index is 0.00138. The summed E-state index contributed by atoms with van der Waals surface area (Å²) >= 11 is 0. The van der Waals surface area contributed by atoms with Gasteiger partial charge in [-0.2, -0.15) is 0 Å². The normalized spacial score (nSPS) is 17.6. The first-order chi connectivity index (χ1) is 16.2. The van der Waals surface area contributed by atoms with Gasteiger partial charge >= 0.3 is 12.1 Å². The highest BCUT2D eigenvalue weighted by atomic mass is 19.1. The summed E-state index contributed by atoms with van der Waals surface area (Å²) in [5, 5.41) is 17.0. The van der Waals surface area contributed by atoms with E-state index in [-0.39, 0.29) is 36.4 Å². The van der Waals surface area contributed by atoms with Crippen molar-refractivity contribution in [2.45, 2.75) is 65.1 Å². The molecular weight excluding hydrogens is 445 g/mol. The molecule has 1 saturated carbocycles. The Kier molecular flexibility index (Phi) is 8.41. The Morgan fingerprint density at radius 1 is 1.32 bits per heavy atom. The number of nitrogens with zero attached hydrogens (tertiary/aromatic N) is 5. The Bertz CT molecular complexity index is 1030. The van der Waals surface area contributed by atoms with E-state index in [1.54, 1.807) is 21.0 Å². The lowest BCUT2D eigenvalue weighted by Gasteiger charge is -2.17. The van der Waals surface area contributed by atoms with Gasteiger partial charge in [-0.15, -0.1) is 5.10 Å². The molecule has 0 bridgehead atoms. The number of carboxylic acid groups (broad SMARTS) is 1. The Morgan fingerprint density at radius 3 is 2.79 bits per heavy atom. The highest BCUT2D eigenvalue weighted by molar-refractivity contribution is 5.68. The fraction of sp³-hybridized carbons (Fsp3) is 0.609. The average Bonchev–Trinajstić information content (AvgIpc) is 3.37. The SMILES string of the molecule is CCCCN(C)C(=O)OCc1c(-c2nc(C)c(O[C@H]3CC[C@H](CC(=O)O)C3)cc2F)nnn1C. The van der Waals surface area contributed by atoms with Gasteiger partial charge in [0.15, 0.2) is 5.82 Å². The molecule has 0 unspecified atom stereocenters. The average molecular weight is 478 g/mol. The van der Waals surface area contributed by atoms with E-state index in [2.05, 4.69) is 15.3 Å². The van der Waals surface area contributed by atoms with Crippen molar-refractivity contribution >= 4 is 12.1 Å². The van der Waals surface area contributed by atoms with Crippen molar-refractivity contribution in [3.63, 3.8) is 0 Å². The van der Waals surface area contributed by atoms with Gasteiger partial charge in [0.05, 0.1) is 11.8 Å². The third-order valence-corrected chi connectivity index (χ3v) is 6.03. The molecule has 0 spiro atoms. The number of amides is 1. The van der Waals surface area contributed by atoms with Crippen LogP contribution in [-0.4, -0.2) is 61.7 Å². The molecule has 186 valence electrons. The van der Waals surface area contributed by atoms with Gasteiger partial charge in [-0.3, -0.25) is 4.79 Å². The maximum atomic E-state index is 15.1. The molecule has 11 heteroatoms. The number of rotatable bonds is 10. The molecule has 2 aromatic heterocycles. The summed E-state index contributed by atoms with van der Waals surface area (Å²) in [6, 6.07) is 1.27. The number of pyridine rings is 1. The molecular formula is C23H32FN5O5. The van der Waals surface area contributed by atoms with E-state index in [1.165, 1.54) is 15.6 Å². The van der Waals surface area contributed by atoms with Crippen LogP contribution in [0, 0.1) is 18.7 Å². The summed E-state index contributed by atoms with van der Waals surface area (Å²) in [4.78, 5) is 29.0. The first-order valence-electron chi connectivity index (χ1n) is 11.5. The number of carbonyl (C=O) groups is 2. The zero-order valence-corrected chi connectivity index (χ0v) is 20.1. The smallest absolute Gasteiger partial charge is 0.409 e. The van der Waals surface area contributed by atoms with Crippen molar-refractivity contribution in [3.05, 3.63) is 23.3 Å². The first kappa shape index (κ1) is 25.4. The number of hydrogen-bond acceptors (Lipinski definition) is 7. The molecule has 0 aromatic carbocycles. The molecule has 0 saturated heterocycles. The van der Waals surface area contributed by atoms with Crippen LogP contribution >= 0.6 is 0 Å². The number of ether oxygens (including phenoxy) is 2. The fourth-order valence-electron chi connectivity index (χ4n) is 4.05. The molecule has 1 amide bonds. The second-order valence-corrected chi connectivity index (χ2v) is 8.76. The van der Waals surface area contributed by atoms with Crippen molar-refractivity contribution < 1.29 is 28.6 Å². The molecule has 1 aliphatic carbocycles. The molecule has 3 rings (SSSR count). The topological polar surface area (TPSA) is 120 Å². The van der Waals surface area contributed by atoms with E-state index in [1.807, 2.05) is 6.92 Å². The highest BCUT2D eigenvalue weighted by Gasteiger charge is 2.29. The van der Waals surface area contributed by atoms with Crippen molar-refractivity contribution in [2.75, 3.05) is 13.6 Å². The van der Waals surface area contributed by atoms with Gasteiger partial charge in [-0.1, -0.05) is 18.6 Å². The minimum Gasteiger partial charge on any atom is -0.488 e. The van der Waals surface area contributed by atoms with Crippen molar-refractivity contribution in [2.24, 2.45) is 13.0 Å². The van der Waals surface area contributed by atoms with Gasteiger partial charge in [-0.05, 0) is 38.5 Å². The van der Waals surface area contributed by atoms with Gasteiger partial charge in [0.2, 0.25) is 0 Å². The largest absolute Gasteiger partial charge is 0.488 e. The molecule has 34 heavy (non-hydrogen) atoms. The van der Waals surface area contributed by atoms with Gasteiger partial charge < -0.3 is 19.5 Å². The maximum absolute atomic E-state index is 15.1. The quantitative estimate of drug-likeness (QED) is 0.550. The molecule has 10 nitrogen and oxygen atoms in total. The molecule has 1 aliphatic rings. The monoisotopic (exact) mass is 477 g/mol. The third kappa shape index (κ3) is 6.21. The summed E-state index contributed by atoms with van der Waals surface area (Å²) < 4.78 is 27.8. The number of aromatic nitrogens is 4. The van der Waals surface area contributed by atoms with Crippen molar-refractivity contribution in [1.82, 2.24) is 24.9 Å². The number of aliphatic carboxylic acids is 1. The van der Waals surface area contributed by atoms with Crippen molar-refractivity contribution in [1.29, 1.82) is 0 Å². The Labute approximate surface area is 198 Å². The predicted octanol–water partition coefficient (Wildman–Crippen LogP) is 3.72. The second kappa shape index (κ2) is 11.3. The summed E-state index contributed by atoms with van der Waals surface area (Å²) in [5.74, 6) is -1.08. The summed E-state index contributed by atoms with van der Waals surface area (Å²) in [6.45, 7) is 4.21. The van der Waals surface area contributed by atoms with Crippen LogP contribution < -0.4 is 4.74 Å². The van der Waals surface area contributed by atoms with E-state index < -0.39 is 17.9 Å². The lowest BCUT2D eigenvalue weighted by Crippen LogP contribution is -2.28. The van der Waals surface area contributed by atoms with E-state index in [0.29, 0.717) is 36.5 Å². The molecule has 0 aliphatic heterocycles. The van der Waals surface area contributed by atoms with Gasteiger partial charge in [-0.25, -0.2) is 18.9 Å². The fourth-order valence-corrected chi connectivity index (χ4v) is 4.05. The number of hydrogen-bond donors (Lipinski definition) is 1. The van der Waals surface area contributed by atoms with E-state index >= 15 is 4.39 Å². The predicted molar refractivity (Wildman–Crippen MR) is 121 cm³/mol. The zero-order valence-electron chi connectivity index (χ0n) is 20.1. The molecule has 2 heterocycles. The van der Waals surface area contributed by atoms with Gasteiger partial charge in [0.25, 0.3) is 0 Å². The number of unbranched alkanes of at least 4 members (excludes halogenated alkanes) is 1. The molecule has 2 aromatic rings. The Hall–Kier alpha value is -3.24. The van der Waals surface area contributed by atoms with Crippen LogP contribution in [0.4, 0.5) is 9.18 Å². The standard InChI is InChI=1S/C23H32FN5O5/c1-5-6-9-28(3)23(32)33-13-18-22(26-27-29(18)4)21-17(24)12-19(14(2)25-21)34-16-8-7-15(10-16)11-20(30)31/h12,15-16H,5-11,13H2,1-4H3,(H,30,31)/t15-,16-/m0/s1. The van der Waals surface area contributed by atoms with Crippen LogP contribution in [0.15, 0.2) is 6.07 Å². The maximum Gasteiger partial charge on any atom is 0.409 e. The highest BCUT2D eigenvalue weighted by Crippen LogP contribution is 2.34. The summed E-state index contributed by atoms with van der Waals surface area (Å²) in [6.07, 6.45) is 3.38. The number of aryl methyl sites for hydroxylation is 2. The van der Waals surface area contributed by atoms with Crippen LogP contribution in [-0.2, 0) is 23.2 Å². The van der Waals surface area contributed by atoms with Crippen LogP contribution in [0.2, 0.25) is 0 Å². The number of carbonyl (C=O) groups excluding carboxylic acids is 1. The summed E-state index contributed by atoms with van der Waals surface area (Å²) in [5.41, 5.74) is 1.09. The van der Waals surface area contributed by atoms with Gasteiger partial charge in [0, 0.05) is 33.1 Å². The molecule has 2 atom stereocenters. The third-order valence-electron chi connectivity index (χ3n) is 6.03. The summed E-state index contributed by atoms with van der Waals surface area (Å²) in [7, 11) is 3.30. The molecule has 0 radical (unpaired) electrons. The molecule has 1 fully saturated rings. The zero-order chi connectivity index (χ0) is 24.8. The second-order valence-electron chi connectivity index (χ2n) is 8.76. The van der Waals surface area contributed by atoms with Gasteiger partial charge in [0.1, 0.15) is 29.4 Å². The van der Waals surface area contributed by atoms with Crippen LogP contribution in [0.25, 0.3) is 11.4 Å². The lowest BCUT2D eigenvalue weighted by molar-refractivity contribution is -0.138. The Morgan fingerprint density at radius 2 is 2.09 bits per heavy atom. The minimum atomic E-state index is -0.822. The van der Waals surface area contributed by atoms with E-state index in [9.17, 15) is 9.59 Å². The number of carboxylic acids is 1. The van der Waals surface area contributed by atoms with Crippen molar-refractivity contribution in [3.8, 4) is 17.1 Å². The van der Waals surface area contributed by atoms with E-state index in [0.717, 1.165) is 19.3 Å². The van der Waals surface area contributed by atoms with Crippen LogP contribution in [0.5, 0.6) is 5.75 Å². The number of halogens is 1. The van der Waals surface area contributed by atoms with Crippen LogP contribution in [0.3, 0.4) is 0 Å².